The van der Waals surface area contributed by atoms with Gasteiger partial charge >= 0.3 is 0 Å². The number of carbonyl (C=O) groups excluding carboxylic acids is 1. The fourth-order valence-corrected chi connectivity index (χ4v) is 3.89. The number of ketones is 1. The van der Waals surface area contributed by atoms with Crippen LogP contribution in [0.1, 0.15) is 127 Å². The molecule has 30 heavy (non-hydrogen) atoms. The van der Waals surface area contributed by atoms with E-state index in [4.69, 9.17) is 0 Å². The summed E-state index contributed by atoms with van der Waals surface area (Å²) in [6.45, 7) is 5.23. The van der Waals surface area contributed by atoms with Crippen molar-refractivity contribution in [3.05, 3.63) is 47.7 Å². The molecule has 0 fully saturated rings. The second-order valence-corrected chi connectivity index (χ2v) is 8.79. The molecule has 0 heterocycles. The highest BCUT2D eigenvalue weighted by atomic mass is 16.1. The fraction of sp³-hybridized carbons (Fsp3) is 0.679. The predicted octanol–water partition coefficient (Wildman–Crippen LogP) is 8.62. The van der Waals surface area contributed by atoms with E-state index in [1.165, 1.54) is 103 Å². The number of unbranched alkanes of at least 4 members (excludes halogenated alkanes) is 15. The van der Waals surface area contributed by atoms with Crippen LogP contribution < -0.4 is 5.32 Å². The van der Waals surface area contributed by atoms with E-state index in [2.05, 4.69) is 12.2 Å². The van der Waals surface area contributed by atoms with E-state index in [9.17, 15) is 4.79 Å². The van der Waals surface area contributed by atoms with Crippen molar-refractivity contribution in [3.8, 4) is 0 Å². The first-order valence-electron chi connectivity index (χ1n) is 12.8. The molecule has 2 heteroatoms. The molecule has 0 saturated heterocycles. The smallest absolute Gasteiger partial charge is 0.187 e. The highest BCUT2D eigenvalue weighted by Crippen LogP contribution is 2.13. The van der Waals surface area contributed by atoms with Gasteiger partial charge in [0.2, 0.25) is 0 Å². The molecule has 1 aromatic carbocycles. The van der Waals surface area contributed by atoms with Gasteiger partial charge in [0.25, 0.3) is 0 Å². The topological polar surface area (TPSA) is 29.1 Å². The second-order valence-electron chi connectivity index (χ2n) is 8.79. The number of hydrogen-bond donors (Lipinski definition) is 1. The molecule has 0 saturated carbocycles. The van der Waals surface area contributed by atoms with Crippen LogP contribution in [0.25, 0.3) is 0 Å². The van der Waals surface area contributed by atoms with Gasteiger partial charge in [0.15, 0.2) is 5.78 Å². The predicted molar refractivity (Wildman–Crippen MR) is 132 cm³/mol. The van der Waals surface area contributed by atoms with E-state index in [-0.39, 0.29) is 5.78 Å². The molecule has 170 valence electrons. The van der Waals surface area contributed by atoms with Gasteiger partial charge in [-0.2, -0.15) is 0 Å². The Hall–Kier alpha value is -1.57. The maximum Gasteiger partial charge on any atom is 0.187 e. The van der Waals surface area contributed by atoms with E-state index in [0.717, 1.165) is 17.8 Å². The SMILES string of the molecule is CCCCCCCCCCCCCCCCCCNC(C)=CC(=O)c1ccccc1. The average molecular weight is 414 g/mol. The van der Waals surface area contributed by atoms with Crippen molar-refractivity contribution in [1.82, 2.24) is 5.32 Å². The van der Waals surface area contributed by atoms with Crippen LogP contribution in [0.5, 0.6) is 0 Å². The third-order valence-electron chi connectivity index (χ3n) is 5.84. The van der Waals surface area contributed by atoms with Gasteiger partial charge < -0.3 is 5.32 Å². The third-order valence-corrected chi connectivity index (χ3v) is 5.84. The molecule has 0 bridgehead atoms. The van der Waals surface area contributed by atoms with Crippen molar-refractivity contribution in [3.63, 3.8) is 0 Å². The lowest BCUT2D eigenvalue weighted by Crippen LogP contribution is -2.14. The standard InChI is InChI=1S/C28H47NO/c1-3-4-5-6-7-8-9-10-11-12-13-14-15-16-17-21-24-29-26(2)25-28(30)27-22-19-18-20-23-27/h18-20,22-23,25,29H,3-17,21,24H2,1-2H3. The van der Waals surface area contributed by atoms with Gasteiger partial charge in [-0.1, -0.05) is 134 Å². The molecule has 1 aromatic rings. The van der Waals surface area contributed by atoms with Gasteiger partial charge in [0, 0.05) is 23.9 Å². The molecule has 0 aliphatic heterocycles. The van der Waals surface area contributed by atoms with Gasteiger partial charge in [-0.05, 0) is 13.3 Å². The summed E-state index contributed by atoms with van der Waals surface area (Å²) in [6, 6.07) is 9.47. The molecule has 0 spiro atoms. The number of nitrogens with one attached hydrogen (secondary N) is 1. The van der Waals surface area contributed by atoms with Crippen LogP contribution in [-0.2, 0) is 0 Å². The largest absolute Gasteiger partial charge is 0.388 e. The van der Waals surface area contributed by atoms with Crippen molar-refractivity contribution in [1.29, 1.82) is 0 Å². The minimum atomic E-state index is 0.0765. The van der Waals surface area contributed by atoms with Crippen LogP contribution >= 0.6 is 0 Å². The molecule has 0 unspecified atom stereocenters. The molecule has 1 rings (SSSR count). The van der Waals surface area contributed by atoms with E-state index in [0.29, 0.717) is 0 Å². The van der Waals surface area contributed by atoms with Crippen LogP contribution in [0.15, 0.2) is 42.1 Å². The first-order valence-corrected chi connectivity index (χ1v) is 12.8. The van der Waals surface area contributed by atoms with E-state index in [1.807, 2.05) is 37.3 Å². The number of hydrogen-bond acceptors (Lipinski definition) is 2. The van der Waals surface area contributed by atoms with E-state index < -0.39 is 0 Å². The summed E-state index contributed by atoms with van der Waals surface area (Å²) >= 11 is 0. The average Bonchev–Trinajstić information content (AvgIpc) is 2.76. The van der Waals surface area contributed by atoms with Crippen molar-refractivity contribution < 1.29 is 4.79 Å². The Kier molecular flexibility index (Phi) is 17.1. The first kappa shape index (κ1) is 26.5. The summed E-state index contributed by atoms with van der Waals surface area (Å²) in [7, 11) is 0. The maximum atomic E-state index is 12.1. The fourth-order valence-electron chi connectivity index (χ4n) is 3.89. The Bertz CT molecular complexity index is 549. The lowest BCUT2D eigenvalue weighted by atomic mass is 10.0. The molecule has 2 nitrogen and oxygen atoms in total. The lowest BCUT2D eigenvalue weighted by molar-refractivity contribution is 0.104. The molecular weight excluding hydrogens is 366 g/mol. The summed E-state index contributed by atoms with van der Waals surface area (Å²) < 4.78 is 0. The summed E-state index contributed by atoms with van der Waals surface area (Å²) in [5.74, 6) is 0.0765. The summed E-state index contributed by atoms with van der Waals surface area (Å²) in [5.41, 5.74) is 1.71. The molecule has 0 radical (unpaired) electrons. The van der Waals surface area contributed by atoms with E-state index in [1.54, 1.807) is 6.08 Å². The maximum absolute atomic E-state index is 12.1. The molecule has 0 atom stereocenters. The molecular formula is C28H47NO. The Morgan fingerprint density at radius 1 is 0.700 bits per heavy atom. The molecule has 0 aromatic heterocycles. The quantitative estimate of drug-likeness (QED) is 0.132. The van der Waals surface area contributed by atoms with Gasteiger partial charge in [0.05, 0.1) is 0 Å². The summed E-state index contributed by atoms with van der Waals surface area (Å²) in [4.78, 5) is 12.1. The Labute approximate surface area is 186 Å². The second kappa shape index (κ2) is 19.4. The number of benzene rings is 1. The number of allylic oxidation sites excluding steroid dienone is 2. The van der Waals surface area contributed by atoms with Crippen LogP contribution in [0.3, 0.4) is 0 Å². The van der Waals surface area contributed by atoms with Gasteiger partial charge in [-0.3, -0.25) is 4.79 Å². The highest BCUT2D eigenvalue weighted by molar-refractivity contribution is 6.04. The minimum absolute atomic E-state index is 0.0765. The minimum Gasteiger partial charge on any atom is -0.388 e. The van der Waals surface area contributed by atoms with Crippen molar-refractivity contribution in [2.24, 2.45) is 0 Å². The van der Waals surface area contributed by atoms with Crippen molar-refractivity contribution >= 4 is 5.78 Å². The molecule has 0 aliphatic carbocycles. The van der Waals surface area contributed by atoms with Crippen molar-refractivity contribution in [2.75, 3.05) is 6.54 Å². The Balaban J connectivity index is 1.84. The summed E-state index contributed by atoms with van der Waals surface area (Å²) in [5, 5.41) is 3.37. The monoisotopic (exact) mass is 413 g/mol. The Morgan fingerprint density at radius 2 is 1.13 bits per heavy atom. The van der Waals surface area contributed by atoms with Crippen LogP contribution in [0, 0.1) is 0 Å². The van der Waals surface area contributed by atoms with Gasteiger partial charge in [0.1, 0.15) is 0 Å². The normalized spacial score (nSPS) is 11.6. The van der Waals surface area contributed by atoms with Crippen molar-refractivity contribution in [2.45, 2.75) is 117 Å². The van der Waals surface area contributed by atoms with Crippen LogP contribution in [0.2, 0.25) is 0 Å². The summed E-state index contributed by atoms with van der Waals surface area (Å²) in [6.07, 6.45) is 24.0. The molecule has 0 amide bonds. The number of rotatable bonds is 20. The van der Waals surface area contributed by atoms with E-state index >= 15 is 0 Å². The highest BCUT2D eigenvalue weighted by Gasteiger charge is 2.01. The molecule has 0 aliphatic rings. The van der Waals surface area contributed by atoms with Crippen LogP contribution in [0.4, 0.5) is 0 Å². The lowest BCUT2D eigenvalue weighted by Gasteiger charge is -2.07. The zero-order valence-corrected chi connectivity index (χ0v) is 19.9. The zero-order valence-electron chi connectivity index (χ0n) is 19.9. The van der Waals surface area contributed by atoms with Crippen LogP contribution in [-0.4, -0.2) is 12.3 Å². The first-order chi connectivity index (χ1) is 14.7. The van der Waals surface area contributed by atoms with Gasteiger partial charge in [-0.25, -0.2) is 0 Å². The zero-order chi connectivity index (χ0) is 21.7. The third kappa shape index (κ3) is 15.3. The molecule has 1 N–H and O–H groups in total. The Morgan fingerprint density at radius 3 is 1.60 bits per heavy atom. The number of carbonyl (C=O) groups is 1. The van der Waals surface area contributed by atoms with Gasteiger partial charge in [-0.15, -0.1) is 0 Å².